The number of carboxylic acids is 1. The molecule has 19 heavy (non-hydrogen) atoms. The molecule has 1 saturated carbocycles. The van der Waals surface area contributed by atoms with Gasteiger partial charge in [0.15, 0.2) is 11.5 Å². The van der Waals surface area contributed by atoms with E-state index in [1.165, 1.54) is 0 Å². The summed E-state index contributed by atoms with van der Waals surface area (Å²) in [6.07, 6.45) is 2.42. The molecule has 0 saturated heterocycles. The number of carbonyl (C=O) groups is 1. The molecule has 1 unspecified atom stereocenters. The largest absolute Gasteiger partial charge is 0.493 e. The Morgan fingerprint density at radius 2 is 1.89 bits per heavy atom. The molecule has 1 fully saturated rings. The first kappa shape index (κ1) is 13.7. The van der Waals surface area contributed by atoms with Crippen molar-refractivity contribution in [2.45, 2.75) is 32.1 Å². The van der Waals surface area contributed by atoms with Crippen molar-refractivity contribution in [1.82, 2.24) is 0 Å². The highest BCUT2D eigenvalue weighted by Crippen LogP contribution is 2.47. The van der Waals surface area contributed by atoms with Crippen molar-refractivity contribution in [3.8, 4) is 11.5 Å². The molecule has 1 aliphatic rings. The van der Waals surface area contributed by atoms with Gasteiger partial charge in [-0.1, -0.05) is 0 Å². The first-order valence-corrected chi connectivity index (χ1v) is 6.51. The van der Waals surface area contributed by atoms with E-state index >= 15 is 0 Å². The fourth-order valence-electron chi connectivity index (χ4n) is 2.61. The molecule has 1 aromatic rings. The van der Waals surface area contributed by atoms with E-state index in [0.29, 0.717) is 17.4 Å². The van der Waals surface area contributed by atoms with E-state index in [1.54, 1.807) is 14.2 Å². The molecule has 0 radical (unpaired) electrons. The van der Waals surface area contributed by atoms with Crippen molar-refractivity contribution in [2.75, 3.05) is 14.2 Å². The number of ether oxygens (including phenoxy) is 2. The van der Waals surface area contributed by atoms with E-state index in [4.69, 9.17) is 14.6 Å². The molecule has 0 aromatic heterocycles. The molecule has 0 spiro atoms. The quantitative estimate of drug-likeness (QED) is 0.858. The lowest BCUT2D eigenvalue weighted by Gasteiger charge is -2.19. The maximum absolute atomic E-state index is 11.0. The number of carboxylic acid groups (broad SMARTS) is 1. The van der Waals surface area contributed by atoms with Crippen molar-refractivity contribution >= 4 is 5.97 Å². The Labute approximate surface area is 113 Å². The standard InChI is InChI=1S/C15H20O4/c1-9-6-13(18-2)14(19-3)7-11(9)12(8-15(16)17)10-4-5-10/h6-7,10,12H,4-5,8H2,1-3H3,(H,16,17). The third-order valence-corrected chi connectivity index (χ3v) is 3.76. The Morgan fingerprint density at radius 1 is 1.32 bits per heavy atom. The van der Waals surface area contributed by atoms with E-state index in [2.05, 4.69) is 0 Å². The predicted octanol–water partition coefficient (Wildman–Crippen LogP) is 2.98. The minimum absolute atomic E-state index is 0.0808. The summed E-state index contributed by atoms with van der Waals surface area (Å²) < 4.78 is 10.6. The number of methoxy groups -OCH3 is 2. The monoisotopic (exact) mass is 264 g/mol. The average Bonchev–Trinajstić information content (AvgIpc) is 3.20. The van der Waals surface area contributed by atoms with Gasteiger partial charge in [0.25, 0.3) is 0 Å². The second-order valence-electron chi connectivity index (χ2n) is 5.11. The normalized spacial score (nSPS) is 15.9. The second-order valence-corrected chi connectivity index (χ2v) is 5.11. The van der Waals surface area contributed by atoms with E-state index in [1.807, 2.05) is 19.1 Å². The summed E-state index contributed by atoms with van der Waals surface area (Å²) in [6, 6.07) is 3.85. The highest BCUT2D eigenvalue weighted by Gasteiger charge is 2.35. The Hall–Kier alpha value is -1.71. The summed E-state index contributed by atoms with van der Waals surface area (Å²) in [5, 5.41) is 9.08. The molecular weight excluding hydrogens is 244 g/mol. The van der Waals surface area contributed by atoms with Gasteiger partial charge < -0.3 is 14.6 Å². The topological polar surface area (TPSA) is 55.8 Å². The van der Waals surface area contributed by atoms with Gasteiger partial charge in [-0.3, -0.25) is 4.79 Å². The fourth-order valence-corrected chi connectivity index (χ4v) is 2.61. The number of benzene rings is 1. The van der Waals surface area contributed by atoms with Gasteiger partial charge in [-0.05, 0) is 54.9 Å². The lowest BCUT2D eigenvalue weighted by atomic mass is 9.87. The number of rotatable bonds is 6. The lowest BCUT2D eigenvalue weighted by Crippen LogP contribution is -2.10. The van der Waals surface area contributed by atoms with Gasteiger partial charge >= 0.3 is 5.97 Å². The smallest absolute Gasteiger partial charge is 0.303 e. The summed E-state index contributed by atoms with van der Waals surface area (Å²) in [7, 11) is 3.20. The van der Waals surface area contributed by atoms with Crippen LogP contribution < -0.4 is 9.47 Å². The first-order valence-electron chi connectivity index (χ1n) is 6.51. The van der Waals surface area contributed by atoms with Gasteiger partial charge in [-0.2, -0.15) is 0 Å². The van der Waals surface area contributed by atoms with Crippen LogP contribution in [0.2, 0.25) is 0 Å². The molecule has 104 valence electrons. The van der Waals surface area contributed by atoms with Crippen LogP contribution in [0, 0.1) is 12.8 Å². The molecule has 4 nitrogen and oxygen atoms in total. The van der Waals surface area contributed by atoms with E-state index in [-0.39, 0.29) is 12.3 Å². The molecule has 0 bridgehead atoms. The van der Waals surface area contributed by atoms with Crippen molar-refractivity contribution < 1.29 is 19.4 Å². The zero-order chi connectivity index (χ0) is 14.0. The predicted molar refractivity (Wildman–Crippen MR) is 72.0 cm³/mol. The summed E-state index contributed by atoms with van der Waals surface area (Å²) in [6.45, 7) is 1.99. The molecule has 0 heterocycles. The highest BCUT2D eigenvalue weighted by molar-refractivity contribution is 5.68. The van der Waals surface area contributed by atoms with Crippen LogP contribution in [-0.2, 0) is 4.79 Å². The zero-order valence-electron chi connectivity index (χ0n) is 11.6. The van der Waals surface area contributed by atoms with E-state index in [0.717, 1.165) is 24.0 Å². The molecule has 4 heteroatoms. The summed E-state index contributed by atoms with van der Waals surface area (Å²) >= 11 is 0. The summed E-state index contributed by atoms with van der Waals surface area (Å²) in [4.78, 5) is 11.0. The Balaban J connectivity index is 2.38. The van der Waals surface area contributed by atoms with E-state index < -0.39 is 5.97 Å². The average molecular weight is 264 g/mol. The van der Waals surface area contributed by atoms with Crippen LogP contribution in [0.15, 0.2) is 12.1 Å². The van der Waals surface area contributed by atoms with Gasteiger partial charge in [0, 0.05) is 0 Å². The molecule has 1 aromatic carbocycles. The third kappa shape index (κ3) is 3.00. The maximum Gasteiger partial charge on any atom is 0.303 e. The van der Waals surface area contributed by atoms with Crippen LogP contribution in [0.1, 0.15) is 36.3 Å². The SMILES string of the molecule is COc1cc(C)c(C(CC(=O)O)C2CC2)cc1OC. The van der Waals surface area contributed by atoms with Crippen molar-refractivity contribution in [2.24, 2.45) is 5.92 Å². The molecule has 1 N–H and O–H groups in total. The highest BCUT2D eigenvalue weighted by atomic mass is 16.5. The Bertz CT molecular complexity index is 477. The fraction of sp³-hybridized carbons (Fsp3) is 0.533. The molecule has 2 rings (SSSR count). The molecule has 1 atom stereocenters. The Kier molecular flexibility index (Phi) is 3.98. The maximum atomic E-state index is 11.0. The first-order chi connectivity index (χ1) is 9.06. The van der Waals surface area contributed by atoms with Gasteiger partial charge in [0.1, 0.15) is 0 Å². The lowest BCUT2D eigenvalue weighted by molar-refractivity contribution is -0.137. The number of aliphatic carboxylic acids is 1. The van der Waals surface area contributed by atoms with Gasteiger partial charge in [0.05, 0.1) is 20.6 Å². The number of hydrogen-bond donors (Lipinski definition) is 1. The van der Waals surface area contributed by atoms with Crippen molar-refractivity contribution in [3.05, 3.63) is 23.3 Å². The molecule has 1 aliphatic carbocycles. The van der Waals surface area contributed by atoms with Gasteiger partial charge in [-0.15, -0.1) is 0 Å². The third-order valence-electron chi connectivity index (χ3n) is 3.76. The van der Waals surface area contributed by atoms with Crippen molar-refractivity contribution in [3.63, 3.8) is 0 Å². The minimum Gasteiger partial charge on any atom is -0.493 e. The van der Waals surface area contributed by atoms with Crippen LogP contribution in [0.3, 0.4) is 0 Å². The minimum atomic E-state index is -0.744. The number of hydrogen-bond acceptors (Lipinski definition) is 3. The molecule has 0 aliphatic heterocycles. The zero-order valence-corrected chi connectivity index (χ0v) is 11.6. The van der Waals surface area contributed by atoms with E-state index in [9.17, 15) is 4.79 Å². The van der Waals surface area contributed by atoms with Gasteiger partial charge in [-0.25, -0.2) is 0 Å². The summed E-state index contributed by atoms with van der Waals surface area (Å²) in [5.41, 5.74) is 2.14. The van der Waals surface area contributed by atoms with Crippen molar-refractivity contribution in [1.29, 1.82) is 0 Å². The Morgan fingerprint density at radius 3 is 2.37 bits per heavy atom. The number of aryl methyl sites for hydroxylation is 1. The summed E-state index contributed by atoms with van der Waals surface area (Å²) in [5.74, 6) is 1.18. The second kappa shape index (κ2) is 5.51. The van der Waals surface area contributed by atoms with Crippen LogP contribution >= 0.6 is 0 Å². The molecular formula is C15H20O4. The van der Waals surface area contributed by atoms with Crippen LogP contribution in [0.4, 0.5) is 0 Å². The van der Waals surface area contributed by atoms with Crippen LogP contribution in [-0.4, -0.2) is 25.3 Å². The van der Waals surface area contributed by atoms with Gasteiger partial charge in [0.2, 0.25) is 0 Å². The van der Waals surface area contributed by atoms with Crippen LogP contribution in [0.5, 0.6) is 11.5 Å². The van der Waals surface area contributed by atoms with Crippen LogP contribution in [0.25, 0.3) is 0 Å². The molecule has 0 amide bonds.